The molecule has 16 heavy (non-hydrogen) atoms. The van der Waals surface area contributed by atoms with Crippen LogP contribution in [0.25, 0.3) is 0 Å². The van der Waals surface area contributed by atoms with Gasteiger partial charge in [-0.3, -0.25) is 4.79 Å². The maximum atomic E-state index is 11.2. The van der Waals surface area contributed by atoms with Crippen LogP contribution in [-0.4, -0.2) is 24.1 Å². The summed E-state index contributed by atoms with van der Waals surface area (Å²) in [6.07, 6.45) is 4.69. The molecule has 0 aliphatic heterocycles. The van der Waals surface area contributed by atoms with Gasteiger partial charge in [-0.1, -0.05) is 19.8 Å². The van der Waals surface area contributed by atoms with Crippen LogP contribution >= 0.6 is 0 Å². The Balaban J connectivity index is 3.18. The molecule has 0 aliphatic carbocycles. The standard InChI is InChI=1S/C10H20N2O4/c1-2-3-8-11-10(13)7-5-4-6-9-16-12(14)15/h2-9H2,1H3,(H,11,13). The van der Waals surface area contributed by atoms with Gasteiger partial charge >= 0.3 is 0 Å². The number of amides is 1. The van der Waals surface area contributed by atoms with Crippen molar-refractivity contribution in [2.75, 3.05) is 13.2 Å². The summed E-state index contributed by atoms with van der Waals surface area (Å²) in [7, 11) is 0. The summed E-state index contributed by atoms with van der Waals surface area (Å²) in [4.78, 5) is 25.2. The highest BCUT2D eigenvalue weighted by molar-refractivity contribution is 5.75. The average Bonchev–Trinajstić information content (AvgIpc) is 2.23. The molecule has 6 nitrogen and oxygen atoms in total. The molecule has 0 spiro atoms. The van der Waals surface area contributed by atoms with Gasteiger partial charge in [0.2, 0.25) is 5.91 Å². The summed E-state index contributed by atoms with van der Waals surface area (Å²) in [6.45, 7) is 2.92. The molecule has 1 N–H and O–H groups in total. The zero-order valence-corrected chi connectivity index (χ0v) is 9.74. The van der Waals surface area contributed by atoms with E-state index in [2.05, 4.69) is 17.1 Å². The van der Waals surface area contributed by atoms with Gasteiger partial charge in [0.25, 0.3) is 5.09 Å². The van der Waals surface area contributed by atoms with Crippen molar-refractivity contribution in [3.63, 3.8) is 0 Å². The third-order valence-electron chi connectivity index (χ3n) is 2.10. The van der Waals surface area contributed by atoms with Gasteiger partial charge in [0.15, 0.2) is 0 Å². The average molecular weight is 232 g/mol. The van der Waals surface area contributed by atoms with Crippen molar-refractivity contribution in [2.24, 2.45) is 0 Å². The van der Waals surface area contributed by atoms with Crippen LogP contribution in [0.1, 0.15) is 45.4 Å². The highest BCUT2D eigenvalue weighted by Crippen LogP contribution is 2.00. The molecule has 0 atom stereocenters. The highest BCUT2D eigenvalue weighted by atomic mass is 16.9. The molecule has 0 aromatic rings. The summed E-state index contributed by atoms with van der Waals surface area (Å²) >= 11 is 0. The Hall–Kier alpha value is -1.33. The largest absolute Gasteiger partial charge is 0.356 e. The normalized spacial score (nSPS) is 9.81. The van der Waals surface area contributed by atoms with E-state index in [1.807, 2.05) is 0 Å². The first-order valence-corrected chi connectivity index (χ1v) is 5.70. The first-order valence-electron chi connectivity index (χ1n) is 5.70. The zero-order chi connectivity index (χ0) is 12.2. The van der Waals surface area contributed by atoms with Gasteiger partial charge in [-0.15, -0.1) is 10.1 Å². The third kappa shape index (κ3) is 10.7. The summed E-state index contributed by atoms with van der Waals surface area (Å²) in [5, 5.41) is 11.8. The van der Waals surface area contributed by atoms with E-state index in [9.17, 15) is 14.9 Å². The second-order valence-corrected chi connectivity index (χ2v) is 3.57. The van der Waals surface area contributed by atoms with Crippen molar-refractivity contribution in [1.29, 1.82) is 0 Å². The number of carbonyl (C=O) groups excluding carboxylic acids is 1. The quantitative estimate of drug-likeness (QED) is 0.353. The molecule has 94 valence electrons. The van der Waals surface area contributed by atoms with Crippen molar-refractivity contribution >= 4 is 5.91 Å². The highest BCUT2D eigenvalue weighted by Gasteiger charge is 2.00. The van der Waals surface area contributed by atoms with Crippen LogP contribution in [0.5, 0.6) is 0 Å². The molecule has 0 saturated carbocycles. The Morgan fingerprint density at radius 3 is 2.69 bits per heavy atom. The molecular weight excluding hydrogens is 212 g/mol. The molecule has 0 aromatic carbocycles. The summed E-state index contributed by atoms with van der Waals surface area (Å²) in [5.41, 5.74) is 0. The van der Waals surface area contributed by atoms with Crippen LogP contribution in [-0.2, 0) is 9.63 Å². The molecule has 6 heteroatoms. The minimum atomic E-state index is -0.794. The van der Waals surface area contributed by atoms with Crippen molar-refractivity contribution in [2.45, 2.75) is 45.4 Å². The Kier molecular flexibility index (Phi) is 9.35. The minimum absolute atomic E-state index is 0.0589. The lowest BCUT2D eigenvalue weighted by atomic mass is 10.2. The van der Waals surface area contributed by atoms with Crippen molar-refractivity contribution in [3.8, 4) is 0 Å². The van der Waals surface area contributed by atoms with Gasteiger partial charge in [-0.2, -0.15) is 0 Å². The SMILES string of the molecule is CCCCNC(=O)CCCCCO[N+](=O)[O-]. The maximum Gasteiger partial charge on any atom is 0.294 e. The predicted octanol–water partition coefficient (Wildman–Crippen LogP) is 1.67. The number of nitrogens with one attached hydrogen (secondary N) is 1. The van der Waals surface area contributed by atoms with Crippen LogP contribution in [0.4, 0.5) is 0 Å². The number of unbranched alkanes of at least 4 members (excludes halogenated alkanes) is 3. The predicted molar refractivity (Wildman–Crippen MR) is 59.3 cm³/mol. The minimum Gasteiger partial charge on any atom is -0.356 e. The van der Waals surface area contributed by atoms with E-state index in [4.69, 9.17) is 0 Å². The molecule has 0 aromatic heterocycles. The van der Waals surface area contributed by atoms with E-state index in [1.54, 1.807) is 0 Å². The maximum absolute atomic E-state index is 11.2. The first kappa shape index (κ1) is 14.7. The Morgan fingerprint density at radius 2 is 2.06 bits per heavy atom. The van der Waals surface area contributed by atoms with E-state index in [1.165, 1.54) is 0 Å². The van der Waals surface area contributed by atoms with E-state index < -0.39 is 5.09 Å². The molecule has 0 radical (unpaired) electrons. The van der Waals surface area contributed by atoms with Gasteiger partial charge in [0.1, 0.15) is 0 Å². The third-order valence-corrected chi connectivity index (χ3v) is 2.10. The van der Waals surface area contributed by atoms with Gasteiger partial charge in [0, 0.05) is 13.0 Å². The second-order valence-electron chi connectivity index (χ2n) is 3.57. The fourth-order valence-electron chi connectivity index (χ4n) is 1.20. The number of nitrogens with zero attached hydrogens (tertiary/aromatic N) is 1. The Labute approximate surface area is 95.5 Å². The van der Waals surface area contributed by atoms with E-state index in [0.717, 1.165) is 32.2 Å². The summed E-state index contributed by atoms with van der Waals surface area (Å²) in [5.74, 6) is 0.0589. The van der Waals surface area contributed by atoms with E-state index in [-0.39, 0.29) is 12.5 Å². The lowest BCUT2D eigenvalue weighted by molar-refractivity contribution is -0.757. The van der Waals surface area contributed by atoms with Gasteiger partial charge in [-0.05, 0) is 19.3 Å². The number of carbonyl (C=O) groups is 1. The van der Waals surface area contributed by atoms with Crippen LogP contribution in [0.2, 0.25) is 0 Å². The van der Waals surface area contributed by atoms with Gasteiger partial charge in [0.05, 0.1) is 6.61 Å². The molecule has 0 unspecified atom stereocenters. The van der Waals surface area contributed by atoms with Crippen LogP contribution in [0.15, 0.2) is 0 Å². The lowest BCUT2D eigenvalue weighted by Gasteiger charge is -2.03. The van der Waals surface area contributed by atoms with Crippen molar-refractivity contribution in [1.82, 2.24) is 5.32 Å². The van der Waals surface area contributed by atoms with E-state index in [0.29, 0.717) is 12.8 Å². The monoisotopic (exact) mass is 232 g/mol. The molecular formula is C10H20N2O4. The van der Waals surface area contributed by atoms with Gasteiger partial charge < -0.3 is 10.2 Å². The molecule has 0 fully saturated rings. The Morgan fingerprint density at radius 1 is 1.31 bits per heavy atom. The fourth-order valence-corrected chi connectivity index (χ4v) is 1.20. The molecule has 0 heterocycles. The second kappa shape index (κ2) is 10.2. The topological polar surface area (TPSA) is 81.5 Å². The lowest BCUT2D eigenvalue weighted by Crippen LogP contribution is -2.23. The van der Waals surface area contributed by atoms with E-state index >= 15 is 0 Å². The van der Waals surface area contributed by atoms with Crippen molar-refractivity contribution < 1.29 is 14.7 Å². The van der Waals surface area contributed by atoms with Crippen LogP contribution < -0.4 is 5.32 Å². The van der Waals surface area contributed by atoms with Gasteiger partial charge in [-0.25, -0.2) is 0 Å². The zero-order valence-electron chi connectivity index (χ0n) is 9.74. The summed E-state index contributed by atoms with van der Waals surface area (Å²) < 4.78 is 0. The fraction of sp³-hybridized carbons (Fsp3) is 0.900. The number of rotatable bonds is 10. The molecule has 1 amide bonds. The Bertz CT molecular complexity index is 209. The molecule has 0 aliphatic rings. The van der Waals surface area contributed by atoms with Crippen LogP contribution in [0, 0.1) is 10.1 Å². The molecule has 0 rings (SSSR count). The number of hydrogen-bond donors (Lipinski definition) is 1. The van der Waals surface area contributed by atoms with Crippen LogP contribution in [0.3, 0.4) is 0 Å². The molecule has 0 saturated heterocycles. The first-order chi connectivity index (χ1) is 7.66. The smallest absolute Gasteiger partial charge is 0.294 e. The number of hydrogen-bond acceptors (Lipinski definition) is 4. The summed E-state index contributed by atoms with van der Waals surface area (Å²) in [6, 6.07) is 0. The molecule has 0 bridgehead atoms. The van der Waals surface area contributed by atoms with Crippen molar-refractivity contribution in [3.05, 3.63) is 10.1 Å².